The van der Waals surface area contributed by atoms with Crippen molar-refractivity contribution in [2.24, 2.45) is 0 Å². The summed E-state index contributed by atoms with van der Waals surface area (Å²) in [6.45, 7) is 10.2. The van der Waals surface area contributed by atoms with Crippen LogP contribution in [0.1, 0.15) is 12.8 Å². The van der Waals surface area contributed by atoms with Crippen molar-refractivity contribution >= 4 is 11.7 Å². The van der Waals surface area contributed by atoms with Crippen LogP contribution in [0.2, 0.25) is 0 Å². The topological polar surface area (TPSA) is 38.8 Å². The molecule has 2 aliphatic heterocycles. The molecule has 1 aromatic carbocycles. The molecule has 1 N–H and O–H groups in total. The van der Waals surface area contributed by atoms with Gasteiger partial charge in [0.05, 0.1) is 0 Å². The predicted octanol–water partition coefficient (Wildman–Crippen LogP) is 2.17. The Hall–Kier alpha value is -2.01. The molecule has 5 nitrogen and oxygen atoms in total. The Kier molecular flexibility index (Phi) is 5.75. The number of carbonyl (C=O) groups excluding carboxylic acids is 1. The van der Waals surface area contributed by atoms with Gasteiger partial charge in [-0.25, -0.2) is 4.79 Å². The van der Waals surface area contributed by atoms with Crippen molar-refractivity contribution in [3.8, 4) is 0 Å². The number of hydrogen-bond donors (Lipinski definition) is 1. The predicted molar refractivity (Wildman–Crippen MR) is 98.4 cm³/mol. The van der Waals surface area contributed by atoms with E-state index in [0.29, 0.717) is 6.04 Å². The van der Waals surface area contributed by atoms with E-state index in [1.54, 1.807) is 0 Å². The van der Waals surface area contributed by atoms with Gasteiger partial charge < -0.3 is 15.1 Å². The molecule has 5 heteroatoms. The summed E-state index contributed by atoms with van der Waals surface area (Å²) < 4.78 is 0. The lowest BCUT2D eigenvalue weighted by atomic mass is 10.1. The first-order valence-corrected chi connectivity index (χ1v) is 8.95. The zero-order chi connectivity index (χ0) is 16.8. The lowest BCUT2D eigenvalue weighted by molar-refractivity contribution is 0.174. The molecule has 0 atom stereocenters. The van der Waals surface area contributed by atoms with Gasteiger partial charge in [0.2, 0.25) is 0 Å². The highest BCUT2D eigenvalue weighted by Crippen LogP contribution is 2.16. The number of likely N-dealkylation sites (tertiary alicyclic amines) is 1. The van der Waals surface area contributed by atoms with E-state index >= 15 is 0 Å². The molecule has 0 unspecified atom stereocenters. The monoisotopic (exact) mass is 328 g/mol. The van der Waals surface area contributed by atoms with Crippen molar-refractivity contribution < 1.29 is 4.79 Å². The minimum atomic E-state index is 0.102. The quantitative estimate of drug-likeness (QED) is 0.861. The average Bonchev–Trinajstić information content (AvgIpc) is 2.64. The fourth-order valence-electron chi connectivity index (χ4n) is 3.51. The molecule has 1 aromatic rings. The van der Waals surface area contributed by atoms with Gasteiger partial charge in [-0.15, -0.1) is 6.58 Å². The first-order chi connectivity index (χ1) is 11.8. The normalized spacial score (nSPS) is 20.0. The number of anilines is 1. The van der Waals surface area contributed by atoms with Crippen LogP contribution in [0, 0.1) is 0 Å². The minimum absolute atomic E-state index is 0.102. The maximum Gasteiger partial charge on any atom is 0.317 e. The van der Waals surface area contributed by atoms with Crippen LogP contribution in [0.3, 0.4) is 0 Å². The molecule has 0 radical (unpaired) electrons. The number of nitrogens with one attached hydrogen (secondary N) is 1. The second-order valence-electron chi connectivity index (χ2n) is 6.62. The van der Waals surface area contributed by atoms with Crippen molar-refractivity contribution in [1.82, 2.24) is 15.1 Å². The summed E-state index contributed by atoms with van der Waals surface area (Å²) in [5.74, 6) is 0. The number of amides is 2. The van der Waals surface area contributed by atoms with E-state index in [9.17, 15) is 4.79 Å². The number of rotatable bonds is 4. The highest BCUT2D eigenvalue weighted by molar-refractivity contribution is 5.75. The van der Waals surface area contributed by atoms with Gasteiger partial charge in [0, 0.05) is 57.5 Å². The number of piperazine rings is 1. The molecule has 0 aromatic heterocycles. The largest absolute Gasteiger partial charge is 0.368 e. The number of carbonyl (C=O) groups is 1. The molecular weight excluding hydrogens is 300 g/mol. The molecule has 3 rings (SSSR count). The Labute approximate surface area is 144 Å². The van der Waals surface area contributed by atoms with E-state index in [1.165, 1.54) is 5.69 Å². The number of benzene rings is 1. The summed E-state index contributed by atoms with van der Waals surface area (Å²) in [6.07, 6.45) is 4.01. The minimum Gasteiger partial charge on any atom is -0.368 e. The molecular formula is C19H28N4O. The van der Waals surface area contributed by atoms with Gasteiger partial charge in [-0.2, -0.15) is 0 Å². The van der Waals surface area contributed by atoms with Crippen LogP contribution in [-0.2, 0) is 0 Å². The Morgan fingerprint density at radius 2 is 1.75 bits per heavy atom. The zero-order valence-corrected chi connectivity index (χ0v) is 14.4. The SMILES string of the molecule is C=CCN1CCC(NC(=O)N2CCN(c3ccccc3)CC2)CC1. The van der Waals surface area contributed by atoms with Gasteiger partial charge in [0.25, 0.3) is 0 Å². The van der Waals surface area contributed by atoms with Crippen molar-refractivity contribution in [3.05, 3.63) is 43.0 Å². The Balaban J connectivity index is 1.42. The summed E-state index contributed by atoms with van der Waals surface area (Å²) >= 11 is 0. The smallest absolute Gasteiger partial charge is 0.317 e. The molecule has 0 saturated carbocycles. The van der Waals surface area contributed by atoms with Crippen molar-refractivity contribution in [2.45, 2.75) is 18.9 Å². The van der Waals surface area contributed by atoms with Gasteiger partial charge in [0.15, 0.2) is 0 Å². The maximum absolute atomic E-state index is 12.5. The number of hydrogen-bond acceptors (Lipinski definition) is 3. The van der Waals surface area contributed by atoms with Gasteiger partial charge >= 0.3 is 6.03 Å². The molecule has 24 heavy (non-hydrogen) atoms. The van der Waals surface area contributed by atoms with Crippen LogP contribution in [0.15, 0.2) is 43.0 Å². The molecule has 0 spiro atoms. The molecule has 2 amide bonds. The second kappa shape index (κ2) is 8.20. The summed E-state index contributed by atoms with van der Waals surface area (Å²) in [4.78, 5) is 19.2. The third kappa shape index (κ3) is 4.29. The summed E-state index contributed by atoms with van der Waals surface area (Å²) in [5.41, 5.74) is 1.24. The Morgan fingerprint density at radius 3 is 2.38 bits per heavy atom. The van der Waals surface area contributed by atoms with Gasteiger partial charge in [-0.1, -0.05) is 24.3 Å². The van der Waals surface area contributed by atoms with E-state index in [4.69, 9.17) is 0 Å². The number of para-hydroxylation sites is 1. The van der Waals surface area contributed by atoms with Gasteiger partial charge in [-0.05, 0) is 25.0 Å². The fraction of sp³-hybridized carbons (Fsp3) is 0.526. The second-order valence-corrected chi connectivity index (χ2v) is 6.62. The number of urea groups is 1. The summed E-state index contributed by atoms with van der Waals surface area (Å²) in [7, 11) is 0. The third-order valence-electron chi connectivity index (χ3n) is 4.99. The van der Waals surface area contributed by atoms with E-state index in [1.807, 2.05) is 17.0 Å². The molecule has 0 bridgehead atoms. The summed E-state index contributed by atoms with van der Waals surface area (Å²) in [6, 6.07) is 10.8. The number of piperidine rings is 1. The highest BCUT2D eigenvalue weighted by atomic mass is 16.2. The Morgan fingerprint density at radius 1 is 1.08 bits per heavy atom. The van der Waals surface area contributed by atoms with E-state index in [0.717, 1.165) is 58.7 Å². The van der Waals surface area contributed by atoms with Crippen molar-refractivity contribution in [2.75, 3.05) is 50.7 Å². The molecule has 2 fully saturated rings. The van der Waals surface area contributed by atoms with Crippen LogP contribution in [0.4, 0.5) is 10.5 Å². The molecule has 2 heterocycles. The van der Waals surface area contributed by atoms with Crippen LogP contribution < -0.4 is 10.2 Å². The molecule has 0 aliphatic carbocycles. The molecule has 2 saturated heterocycles. The number of nitrogens with zero attached hydrogens (tertiary/aromatic N) is 3. The first-order valence-electron chi connectivity index (χ1n) is 8.95. The van der Waals surface area contributed by atoms with E-state index in [2.05, 4.69) is 46.0 Å². The lowest BCUT2D eigenvalue weighted by Crippen LogP contribution is -2.54. The highest BCUT2D eigenvalue weighted by Gasteiger charge is 2.25. The van der Waals surface area contributed by atoms with Crippen LogP contribution in [-0.4, -0.2) is 67.7 Å². The Bertz CT molecular complexity index is 532. The zero-order valence-electron chi connectivity index (χ0n) is 14.4. The fourth-order valence-corrected chi connectivity index (χ4v) is 3.51. The van der Waals surface area contributed by atoms with Crippen LogP contribution in [0.5, 0.6) is 0 Å². The average molecular weight is 328 g/mol. The lowest BCUT2D eigenvalue weighted by Gasteiger charge is -2.38. The molecule has 2 aliphatic rings. The summed E-state index contributed by atoms with van der Waals surface area (Å²) in [5, 5.41) is 3.22. The van der Waals surface area contributed by atoms with Crippen LogP contribution >= 0.6 is 0 Å². The first kappa shape index (κ1) is 16.8. The van der Waals surface area contributed by atoms with Gasteiger partial charge in [0.1, 0.15) is 0 Å². The third-order valence-corrected chi connectivity index (χ3v) is 4.99. The van der Waals surface area contributed by atoms with E-state index < -0.39 is 0 Å². The van der Waals surface area contributed by atoms with Crippen molar-refractivity contribution in [3.63, 3.8) is 0 Å². The van der Waals surface area contributed by atoms with Crippen molar-refractivity contribution in [1.29, 1.82) is 0 Å². The maximum atomic E-state index is 12.5. The standard InChI is InChI=1S/C19H28N4O/c1-2-10-21-11-8-17(9-12-21)20-19(24)23-15-13-22(14-16-23)18-6-4-3-5-7-18/h2-7,17H,1,8-16H2,(H,20,24). The van der Waals surface area contributed by atoms with Crippen LogP contribution in [0.25, 0.3) is 0 Å². The van der Waals surface area contributed by atoms with Gasteiger partial charge in [-0.3, -0.25) is 4.90 Å². The molecule has 130 valence electrons. The van der Waals surface area contributed by atoms with E-state index in [-0.39, 0.29) is 6.03 Å².